The van der Waals surface area contributed by atoms with Crippen LogP contribution in [0.5, 0.6) is 0 Å². The number of sulfone groups is 1. The Morgan fingerprint density at radius 3 is 1.71 bits per heavy atom. The molecule has 0 bridgehead atoms. The number of thiocarbonyl (C=S) groups is 2. The van der Waals surface area contributed by atoms with Crippen LogP contribution in [0.4, 0.5) is 0 Å². The summed E-state index contributed by atoms with van der Waals surface area (Å²) in [6.45, 7) is 0. The summed E-state index contributed by atoms with van der Waals surface area (Å²) in [6.07, 6.45) is 2.41. The maximum atomic E-state index is 11.5. The van der Waals surface area contributed by atoms with Gasteiger partial charge in [0.15, 0.2) is 22.0 Å². The highest BCUT2D eigenvalue weighted by molar-refractivity contribution is 8.22. The molecule has 2 atom stereocenters. The first-order valence-corrected chi connectivity index (χ1v) is 9.66. The molecule has 1 heterocycles. The Kier molecular flexibility index (Phi) is 5.97. The summed E-state index contributed by atoms with van der Waals surface area (Å²) in [6, 6.07) is 0. The van der Waals surface area contributed by atoms with Gasteiger partial charge in [-0.15, -0.1) is 0 Å². The largest absolute Gasteiger partial charge is 0.470 e. The van der Waals surface area contributed by atoms with Crippen LogP contribution >= 0.6 is 48.0 Å². The summed E-state index contributed by atoms with van der Waals surface area (Å²) in [7, 11) is -3.14. The van der Waals surface area contributed by atoms with E-state index in [-0.39, 0.29) is 11.5 Å². The summed E-state index contributed by atoms with van der Waals surface area (Å²) in [5, 5.41) is 0. The normalized spacial score (nSPS) is 26.5. The second-order valence-corrected chi connectivity index (χ2v) is 8.27. The minimum Gasteiger partial charge on any atom is -0.470 e. The number of rotatable bonds is 2. The van der Waals surface area contributed by atoms with Gasteiger partial charge in [0, 0.05) is 0 Å². The van der Waals surface area contributed by atoms with Gasteiger partial charge in [-0.2, -0.15) is 0 Å². The van der Waals surface area contributed by atoms with Gasteiger partial charge in [0.1, 0.15) is 0 Å². The topological polar surface area (TPSA) is 52.6 Å². The van der Waals surface area contributed by atoms with Crippen LogP contribution in [0.25, 0.3) is 0 Å². The Labute approximate surface area is 120 Å². The third-order valence-electron chi connectivity index (χ3n) is 2.08. The van der Waals surface area contributed by atoms with Crippen molar-refractivity contribution in [3.63, 3.8) is 0 Å². The molecule has 0 spiro atoms. The molecule has 1 fully saturated rings. The van der Waals surface area contributed by atoms with Crippen molar-refractivity contribution in [3.8, 4) is 0 Å². The van der Waals surface area contributed by atoms with Crippen LogP contribution in [0, 0.1) is 0 Å². The molecule has 1 aliphatic heterocycles. The van der Waals surface area contributed by atoms with Crippen molar-refractivity contribution in [2.75, 3.05) is 24.0 Å². The number of thioether (sulfide) groups is 2. The van der Waals surface area contributed by atoms with Crippen LogP contribution in [0.2, 0.25) is 0 Å². The lowest BCUT2D eigenvalue weighted by Gasteiger charge is -2.20. The van der Waals surface area contributed by atoms with Crippen molar-refractivity contribution in [1.29, 1.82) is 0 Å². The molecule has 0 radical (unpaired) electrons. The lowest BCUT2D eigenvalue weighted by atomic mass is 10.3. The van der Waals surface area contributed by atoms with Crippen molar-refractivity contribution < 1.29 is 17.9 Å². The lowest BCUT2D eigenvalue weighted by Crippen LogP contribution is -2.32. The zero-order valence-electron chi connectivity index (χ0n) is 9.24. The van der Waals surface area contributed by atoms with Crippen LogP contribution in [0.1, 0.15) is 0 Å². The molecule has 1 aliphatic rings. The molecule has 98 valence electrons. The standard InChI is InChI=1S/C8H12O4S5/c1-15-7(13)11-5-3-17(9,10)4-6(5)12-8(14)16-2/h5-6H,3-4H2,1-2H3/t5-,6+. The Balaban J connectivity index is 2.71. The molecule has 0 N–H and O–H groups in total. The Morgan fingerprint density at radius 1 is 1.06 bits per heavy atom. The van der Waals surface area contributed by atoms with Gasteiger partial charge in [-0.3, -0.25) is 0 Å². The molecule has 0 aliphatic carbocycles. The number of hydrogen-bond donors (Lipinski definition) is 0. The smallest absolute Gasteiger partial charge is 0.220 e. The van der Waals surface area contributed by atoms with Crippen LogP contribution in [-0.2, 0) is 19.3 Å². The van der Waals surface area contributed by atoms with E-state index in [9.17, 15) is 8.42 Å². The summed E-state index contributed by atoms with van der Waals surface area (Å²) in [4.78, 5) is 0. The van der Waals surface area contributed by atoms with Crippen molar-refractivity contribution in [1.82, 2.24) is 0 Å². The molecule has 17 heavy (non-hydrogen) atoms. The van der Waals surface area contributed by atoms with E-state index in [4.69, 9.17) is 33.9 Å². The predicted molar refractivity (Wildman–Crippen MR) is 80.6 cm³/mol. The second kappa shape index (κ2) is 6.55. The average Bonchev–Trinajstić information content (AvgIpc) is 2.52. The van der Waals surface area contributed by atoms with Crippen molar-refractivity contribution in [2.24, 2.45) is 0 Å². The monoisotopic (exact) mass is 332 g/mol. The Morgan fingerprint density at radius 2 is 1.41 bits per heavy atom. The minimum atomic E-state index is -3.14. The van der Waals surface area contributed by atoms with Gasteiger partial charge in [-0.25, -0.2) is 8.42 Å². The lowest BCUT2D eigenvalue weighted by molar-refractivity contribution is 0.0865. The fourth-order valence-electron chi connectivity index (χ4n) is 1.35. The minimum absolute atomic E-state index is 0.0740. The Hall–Kier alpha value is 0.430. The highest BCUT2D eigenvalue weighted by Crippen LogP contribution is 2.22. The van der Waals surface area contributed by atoms with Gasteiger partial charge in [0.25, 0.3) is 0 Å². The van der Waals surface area contributed by atoms with Crippen molar-refractivity contribution in [3.05, 3.63) is 0 Å². The zero-order chi connectivity index (χ0) is 13.1. The molecule has 0 aromatic heterocycles. The molecule has 0 amide bonds. The van der Waals surface area contributed by atoms with E-state index < -0.39 is 22.0 Å². The molecule has 9 heteroatoms. The molecule has 1 saturated heterocycles. The van der Waals surface area contributed by atoms with E-state index >= 15 is 0 Å². The summed E-state index contributed by atoms with van der Waals surface area (Å²) in [5.74, 6) is -0.148. The molecule has 4 nitrogen and oxygen atoms in total. The average molecular weight is 333 g/mol. The molecular weight excluding hydrogens is 320 g/mol. The fraction of sp³-hybridized carbons (Fsp3) is 0.750. The number of hydrogen-bond acceptors (Lipinski definition) is 8. The molecule has 0 aromatic rings. The van der Waals surface area contributed by atoms with Gasteiger partial charge in [-0.1, -0.05) is 23.5 Å². The third-order valence-corrected chi connectivity index (χ3v) is 5.80. The van der Waals surface area contributed by atoms with E-state index in [1.54, 1.807) is 12.5 Å². The van der Waals surface area contributed by atoms with Crippen molar-refractivity contribution in [2.45, 2.75) is 12.2 Å². The molecule has 0 saturated carbocycles. The fourth-order valence-corrected chi connectivity index (χ4v) is 3.74. The predicted octanol–water partition coefficient (Wildman–Crippen LogP) is 1.48. The summed E-state index contributed by atoms with van der Waals surface area (Å²) in [5.41, 5.74) is 0. The first kappa shape index (κ1) is 15.5. The highest BCUT2D eigenvalue weighted by Gasteiger charge is 2.41. The summed E-state index contributed by atoms with van der Waals surface area (Å²) < 4.78 is 34.4. The summed E-state index contributed by atoms with van der Waals surface area (Å²) >= 11 is 12.3. The number of ether oxygens (including phenoxy) is 2. The molecule has 0 unspecified atom stereocenters. The molecule has 0 aromatic carbocycles. The first-order chi connectivity index (χ1) is 7.88. The quantitative estimate of drug-likeness (QED) is 0.705. The van der Waals surface area contributed by atoms with Gasteiger partial charge in [0.05, 0.1) is 11.5 Å². The maximum Gasteiger partial charge on any atom is 0.220 e. The van der Waals surface area contributed by atoms with Crippen molar-refractivity contribution >= 4 is 66.6 Å². The molecular formula is C8H12O4S5. The highest BCUT2D eigenvalue weighted by atomic mass is 32.2. The van der Waals surface area contributed by atoms with Crippen LogP contribution in [-0.4, -0.2) is 53.4 Å². The van der Waals surface area contributed by atoms with E-state index in [0.29, 0.717) is 8.77 Å². The van der Waals surface area contributed by atoms with Crippen LogP contribution in [0.3, 0.4) is 0 Å². The van der Waals surface area contributed by atoms with E-state index in [2.05, 4.69) is 0 Å². The molecule has 1 rings (SSSR count). The van der Waals surface area contributed by atoms with Crippen LogP contribution < -0.4 is 0 Å². The van der Waals surface area contributed by atoms with E-state index in [1.807, 2.05) is 0 Å². The third kappa shape index (κ3) is 4.90. The zero-order valence-corrected chi connectivity index (χ0v) is 13.3. The van der Waals surface area contributed by atoms with Gasteiger partial charge >= 0.3 is 0 Å². The van der Waals surface area contributed by atoms with E-state index in [1.165, 1.54) is 23.5 Å². The Bertz CT molecular complexity index is 372. The van der Waals surface area contributed by atoms with Gasteiger partial charge < -0.3 is 9.47 Å². The van der Waals surface area contributed by atoms with Crippen LogP contribution in [0.15, 0.2) is 0 Å². The first-order valence-electron chi connectivity index (χ1n) is 4.57. The SMILES string of the molecule is CSC(=S)O[C@H]1CS(=O)(=O)C[C@H]1OC(=S)SC. The second-order valence-electron chi connectivity index (χ2n) is 3.30. The van der Waals surface area contributed by atoms with E-state index in [0.717, 1.165) is 0 Å². The van der Waals surface area contributed by atoms with Gasteiger partial charge in [0.2, 0.25) is 8.77 Å². The maximum absolute atomic E-state index is 11.5. The van der Waals surface area contributed by atoms with Gasteiger partial charge in [-0.05, 0) is 36.9 Å².